The van der Waals surface area contributed by atoms with Crippen LogP contribution in [0, 0.1) is 0 Å². The standard InChI is InChI=1S/C9H7NS.C3H6O2/c1-2-4-8(5-3-1)9-10-6-7-11-9;1-2-5-3-4/h1-7H;3H,2H2,1H3. The van der Waals surface area contributed by atoms with Crippen LogP contribution in [-0.4, -0.2) is 18.1 Å². The molecule has 0 spiro atoms. The Morgan fingerprint density at radius 3 is 2.56 bits per heavy atom. The highest BCUT2D eigenvalue weighted by molar-refractivity contribution is 7.13. The van der Waals surface area contributed by atoms with Gasteiger partial charge in [0.05, 0.1) is 6.61 Å². The summed E-state index contributed by atoms with van der Waals surface area (Å²) in [6, 6.07) is 10.2. The van der Waals surface area contributed by atoms with E-state index in [1.54, 1.807) is 18.3 Å². The molecule has 2 rings (SSSR count). The van der Waals surface area contributed by atoms with Crippen LogP contribution >= 0.6 is 11.3 Å². The lowest BCUT2D eigenvalue weighted by Crippen LogP contribution is -1.80. The van der Waals surface area contributed by atoms with Gasteiger partial charge in [-0.25, -0.2) is 4.98 Å². The van der Waals surface area contributed by atoms with E-state index in [9.17, 15) is 4.79 Å². The summed E-state index contributed by atoms with van der Waals surface area (Å²) in [5.41, 5.74) is 1.20. The SMILES string of the molecule is CCOC=O.c1ccc(-c2nccs2)cc1. The molecule has 0 aliphatic carbocycles. The van der Waals surface area contributed by atoms with Crippen molar-refractivity contribution in [3.05, 3.63) is 41.9 Å². The average Bonchev–Trinajstić information content (AvgIpc) is 2.86. The zero-order chi connectivity index (χ0) is 11.6. The second kappa shape index (κ2) is 7.59. The van der Waals surface area contributed by atoms with Crippen molar-refractivity contribution in [1.82, 2.24) is 4.98 Å². The Hall–Kier alpha value is -1.68. The molecule has 0 aliphatic rings. The molecule has 0 radical (unpaired) electrons. The number of carbonyl (C=O) groups excluding carboxylic acids is 1. The van der Waals surface area contributed by atoms with Crippen LogP contribution in [0.1, 0.15) is 6.92 Å². The summed E-state index contributed by atoms with van der Waals surface area (Å²) < 4.78 is 4.15. The molecule has 1 aromatic heterocycles. The highest BCUT2D eigenvalue weighted by Gasteiger charge is 1.95. The third-order valence-corrected chi connectivity index (χ3v) is 2.51. The summed E-state index contributed by atoms with van der Waals surface area (Å²) in [6.45, 7) is 2.66. The highest BCUT2D eigenvalue weighted by Crippen LogP contribution is 2.20. The van der Waals surface area contributed by atoms with Gasteiger partial charge in [-0.1, -0.05) is 30.3 Å². The molecule has 84 valence electrons. The van der Waals surface area contributed by atoms with Gasteiger partial charge in [0.1, 0.15) is 5.01 Å². The predicted octanol–water partition coefficient (Wildman–Crippen LogP) is 2.99. The van der Waals surface area contributed by atoms with Crippen LogP contribution in [0.15, 0.2) is 41.9 Å². The fourth-order valence-electron chi connectivity index (χ4n) is 1.01. The van der Waals surface area contributed by atoms with Crippen molar-refractivity contribution >= 4 is 17.8 Å². The van der Waals surface area contributed by atoms with E-state index < -0.39 is 0 Å². The van der Waals surface area contributed by atoms with E-state index in [1.165, 1.54) is 5.56 Å². The van der Waals surface area contributed by atoms with Gasteiger partial charge < -0.3 is 4.74 Å². The molecule has 0 unspecified atom stereocenters. The van der Waals surface area contributed by atoms with Crippen LogP contribution in [0.25, 0.3) is 10.6 Å². The Kier molecular flexibility index (Phi) is 5.88. The molecular weight excluding hydrogens is 222 g/mol. The highest BCUT2D eigenvalue weighted by atomic mass is 32.1. The topological polar surface area (TPSA) is 39.2 Å². The maximum absolute atomic E-state index is 9.18. The Bertz CT molecular complexity index is 387. The minimum absolute atomic E-state index is 0.431. The first-order valence-corrected chi connectivity index (χ1v) is 5.76. The van der Waals surface area contributed by atoms with Crippen LogP contribution in [0.5, 0.6) is 0 Å². The average molecular weight is 235 g/mol. The molecule has 0 aliphatic heterocycles. The third kappa shape index (κ3) is 4.23. The van der Waals surface area contributed by atoms with Gasteiger partial charge in [0.25, 0.3) is 6.47 Å². The van der Waals surface area contributed by atoms with Gasteiger partial charge in [-0.15, -0.1) is 11.3 Å². The first kappa shape index (κ1) is 12.4. The van der Waals surface area contributed by atoms with E-state index in [4.69, 9.17) is 0 Å². The van der Waals surface area contributed by atoms with E-state index in [1.807, 2.05) is 29.8 Å². The smallest absolute Gasteiger partial charge is 0.293 e. The van der Waals surface area contributed by atoms with Gasteiger partial charge in [0.2, 0.25) is 0 Å². The van der Waals surface area contributed by atoms with E-state index in [-0.39, 0.29) is 0 Å². The molecule has 4 heteroatoms. The summed E-state index contributed by atoms with van der Waals surface area (Å²) in [5, 5.41) is 3.08. The summed E-state index contributed by atoms with van der Waals surface area (Å²) in [5.74, 6) is 0. The Morgan fingerprint density at radius 2 is 2.12 bits per heavy atom. The van der Waals surface area contributed by atoms with Gasteiger partial charge in [0, 0.05) is 17.1 Å². The lowest BCUT2D eigenvalue weighted by molar-refractivity contribution is -0.128. The number of hydrogen-bond acceptors (Lipinski definition) is 4. The minimum Gasteiger partial charge on any atom is -0.468 e. The first-order chi connectivity index (χ1) is 7.88. The number of benzene rings is 1. The first-order valence-electron chi connectivity index (χ1n) is 4.88. The molecule has 2 aromatic rings. The summed E-state index contributed by atoms with van der Waals surface area (Å²) >= 11 is 1.66. The number of carbonyl (C=O) groups is 1. The van der Waals surface area contributed by atoms with E-state index in [0.29, 0.717) is 13.1 Å². The monoisotopic (exact) mass is 235 g/mol. The largest absolute Gasteiger partial charge is 0.468 e. The van der Waals surface area contributed by atoms with Crippen molar-refractivity contribution in [2.24, 2.45) is 0 Å². The van der Waals surface area contributed by atoms with Gasteiger partial charge in [-0.05, 0) is 6.92 Å². The summed E-state index contributed by atoms with van der Waals surface area (Å²) in [4.78, 5) is 13.4. The van der Waals surface area contributed by atoms with Crippen LogP contribution in [0.4, 0.5) is 0 Å². The molecule has 0 N–H and O–H groups in total. The van der Waals surface area contributed by atoms with Crippen LogP contribution in [0.3, 0.4) is 0 Å². The maximum atomic E-state index is 9.18. The van der Waals surface area contributed by atoms with Gasteiger partial charge in [-0.2, -0.15) is 0 Å². The Balaban J connectivity index is 0.000000221. The lowest BCUT2D eigenvalue weighted by atomic mass is 10.2. The lowest BCUT2D eigenvalue weighted by Gasteiger charge is -1.91. The van der Waals surface area contributed by atoms with E-state index >= 15 is 0 Å². The molecule has 0 saturated carbocycles. The minimum atomic E-state index is 0.431. The van der Waals surface area contributed by atoms with Gasteiger partial charge in [-0.3, -0.25) is 4.79 Å². The van der Waals surface area contributed by atoms with Crippen molar-refractivity contribution in [1.29, 1.82) is 0 Å². The summed E-state index contributed by atoms with van der Waals surface area (Å²) in [6.07, 6.45) is 1.83. The van der Waals surface area contributed by atoms with E-state index in [0.717, 1.165) is 5.01 Å². The van der Waals surface area contributed by atoms with E-state index in [2.05, 4.69) is 21.9 Å². The molecule has 1 aromatic carbocycles. The number of aromatic nitrogens is 1. The van der Waals surface area contributed by atoms with Crippen molar-refractivity contribution < 1.29 is 9.53 Å². The molecule has 1 heterocycles. The van der Waals surface area contributed by atoms with Crippen LogP contribution in [-0.2, 0) is 9.53 Å². The number of nitrogens with zero attached hydrogens (tertiary/aromatic N) is 1. The molecule has 0 fully saturated rings. The maximum Gasteiger partial charge on any atom is 0.293 e. The van der Waals surface area contributed by atoms with Crippen LogP contribution < -0.4 is 0 Å². The zero-order valence-electron chi connectivity index (χ0n) is 9.00. The Morgan fingerprint density at radius 1 is 1.38 bits per heavy atom. The quantitative estimate of drug-likeness (QED) is 0.768. The number of ether oxygens (including phenoxy) is 1. The number of rotatable bonds is 3. The number of thiazole rings is 1. The molecule has 0 atom stereocenters. The molecule has 16 heavy (non-hydrogen) atoms. The second-order valence-electron chi connectivity index (χ2n) is 2.75. The molecule has 0 amide bonds. The zero-order valence-corrected chi connectivity index (χ0v) is 9.81. The second-order valence-corrected chi connectivity index (χ2v) is 3.65. The number of hydrogen-bond donors (Lipinski definition) is 0. The van der Waals surface area contributed by atoms with Gasteiger partial charge in [0.15, 0.2) is 0 Å². The Labute approximate surface area is 98.7 Å². The van der Waals surface area contributed by atoms with Crippen LogP contribution in [0.2, 0.25) is 0 Å². The fourth-order valence-corrected chi connectivity index (χ4v) is 1.66. The van der Waals surface area contributed by atoms with Crippen molar-refractivity contribution in [3.63, 3.8) is 0 Å². The van der Waals surface area contributed by atoms with Gasteiger partial charge >= 0.3 is 0 Å². The van der Waals surface area contributed by atoms with Crippen molar-refractivity contribution in [2.75, 3.05) is 6.61 Å². The molecular formula is C12H13NO2S. The van der Waals surface area contributed by atoms with Crippen molar-refractivity contribution in [3.8, 4) is 10.6 Å². The third-order valence-electron chi connectivity index (χ3n) is 1.69. The molecule has 0 saturated heterocycles. The summed E-state index contributed by atoms with van der Waals surface area (Å²) in [7, 11) is 0. The molecule has 0 bridgehead atoms. The normalized spacial score (nSPS) is 8.81. The molecule has 3 nitrogen and oxygen atoms in total. The van der Waals surface area contributed by atoms with Crippen molar-refractivity contribution in [2.45, 2.75) is 6.92 Å². The fraction of sp³-hybridized carbons (Fsp3) is 0.167. The predicted molar refractivity (Wildman–Crippen MR) is 65.2 cm³/mol.